The maximum Gasteiger partial charge on any atom is 0.288 e. The summed E-state index contributed by atoms with van der Waals surface area (Å²) in [5.41, 5.74) is 3.74. The number of benzene rings is 2. The zero-order chi connectivity index (χ0) is 22.4. The van der Waals surface area contributed by atoms with Crippen molar-refractivity contribution in [2.24, 2.45) is 0 Å². The van der Waals surface area contributed by atoms with E-state index in [1.807, 2.05) is 25.1 Å². The predicted molar refractivity (Wildman–Crippen MR) is 126 cm³/mol. The molecule has 0 radical (unpaired) electrons. The topological polar surface area (TPSA) is 66.9 Å². The van der Waals surface area contributed by atoms with Crippen LogP contribution in [0, 0.1) is 6.92 Å². The Morgan fingerprint density at radius 1 is 1.13 bits per heavy atom. The highest BCUT2D eigenvalue weighted by Gasteiger charge is 2.14. The number of para-hydroxylation sites is 1. The van der Waals surface area contributed by atoms with Crippen LogP contribution in [0.3, 0.4) is 0 Å². The number of carbonyl (C=O) groups is 1. The normalized spacial score (nSPS) is 11.2. The van der Waals surface area contributed by atoms with Gasteiger partial charge in [-0.05, 0) is 48.2 Å². The first-order chi connectivity index (χ1) is 14.8. The van der Waals surface area contributed by atoms with Gasteiger partial charge in [0.15, 0.2) is 4.34 Å². The van der Waals surface area contributed by atoms with Crippen molar-refractivity contribution in [2.75, 3.05) is 16.4 Å². The Labute approximate surface area is 192 Å². The number of aryl methyl sites for hydroxylation is 1. The number of hydrogen-bond donors (Lipinski definition) is 2. The van der Waals surface area contributed by atoms with E-state index in [4.69, 9.17) is 0 Å². The van der Waals surface area contributed by atoms with Crippen molar-refractivity contribution >= 4 is 57.3 Å². The second-order valence-corrected chi connectivity index (χ2v) is 10.2. The lowest BCUT2D eigenvalue weighted by Crippen LogP contribution is -2.16. The first kappa shape index (κ1) is 23.5. The fourth-order valence-corrected chi connectivity index (χ4v) is 4.88. The molecule has 1 amide bonds. The summed E-state index contributed by atoms with van der Waals surface area (Å²) in [6.07, 6.45) is 0. The van der Waals surface area contributed by atoms with E-state index < -0.39 is 5.76 Å². The summed E-state index contributed by atoms with van der Waals surface area (Å²) in [6, 6.07) is 12.7. The number of aromatic nitrogens is 2. The molecule has 0 fully saturated rings. The number of nitrogens with zero attached hydrogens (tertiary/aromatic N) is 2. The molecule has 1 aromatic heterocycles. The van der Waals surface area contributed by atoms with Crippen LogP contribution in [-0.4, -0.2) is 27.6 Å². The fourth-order valence-electron chi connectivity index (χ4n) is 2.81. The third-order valence-electron chi connectivity index (χ3n) is 4.26. The minimum atomic E-state index is -2.44. The van der Waals surface area contributed by atoms with Gasteiger partial charge >= 0.3 is 0 Å². The number of thioether (sulfide) groups is 2. The average Bonchev–Trinajstić information content (AvgIpc) is 3.16. The number of hydrogen-bond acceptors (Lipinski definition) is 7. The van der Waals surface area contributed by atoms with E-state index in [0.29, 0.717) is 32.0 Å². The molecule has 0 saturated heterocycles. The molecule has 0 spiro atoms. The molecule has 0 bridgehead atoms. The number of amides is 1. The van der Waals surface area contributed by atoms with Crippen molar-refractivity contribution in [1.29, 1.82) is 0 Å². The standard InChI is InChI=1S/C21H22F2N4OS3/c1-12(2)16-6-4-5-13(3)18(16)25-17(28)11-29-21-27-26-20(31-21)24-14-7-9-15(10-8-14)30-19(22)23/h4-10,12,19H,11H2,1-3H3,(H,24,26)(H,25,28). The van der Waals surface area contributed by atoms with E-state index in [2.05, 4.69) is 34.7 Å². The van der Waals surface area contributed by atoms with E-state index in [1.165, 1.54) is 23.1 Å². The van der Waals surface area contributed by atoms with Crippen LogP contribution >= 0.6 is 34.9 Å². The molecule has 0 aliphatic rings. The molecule has 0 unspecified atom stereocenters. The van der Waals surface area contributed by atoms with Crippen LogP contribution in [0.5, 0.6) is 0 Å². The molecule has 164 valence electrons. The van der Waals surface area contributed by atoms with Gasteiger partial charge < -0.3 is 10.6 Å². The second kappa shape index (κ2) is 10.9. The molecule has 2 N–H and O–H groups in total. The lowest BCUT2D eigenvalue weighted by atomic mass is 9.98. The SMILES string of the molecule is Cc1cccc(C(C)C)c1NC(=O)CSc1nnc(Nc2ccc(SC(F)F)cc2)s1. The zero-order valence-electron chi connectivity index (χ0n) is 17.2. The van der Waals surface area contributed by atoms with Crippen molar-refractivity contribution in [1.82, 2.24) is 10.2 Å². The molecule has 0 aliphatic carbocycles. The highest BCUT2D eigenvalue weighted by atomic mass is 32.2. The van der Waals surface area contributed by atoms with Gasteiger partial charge in [0, 0.05) is 16.3 Å². The third-order valence-corrected chi connectivity index (χ3v) is 6.95. The van der Waals surface area contributed by atoms with Gasteiger partial charge in [-0.2, -0.15) is 8.78 Å². The van der Waals surface area contributed by atoms with Crippen LogP contribution in [-0.2, 0) is 4.79 Å². The number of carbonyl (C=O) groups excluding carboxylic acids is 1. The Hall–Kier alpha value is -2.17. The molecule has 0 aliphatic heterocycles. The van der Waals surface area contributed by atoms with Crippen molar-refractivity contribution in [3.8, 4) is 0 Å². The van der Waals surface area contributed by atoms with E-state index >= 15 is 0 Å². The van der Waals surface area contributed by atoms with Crippen molar-refractivity contribution in [2.45, 2.75) is 41.7 Å². The van der Waals surface area contributed by atoms with E-state index in [-0.39, 0.29) is 11.7 Å². The first-order valence-corrected chi connectivity index (χ1v) is 12.2. The monoisotopic (exact) mass is 480 g/mol. The first-order valence-electron chi connectivity index (χ1n) is 9.49. The molecule has 3 rings (SSSR count). The van der Waals surface area contributed by atoms with Crippen molar-refractivity contribution in [3.63, 3.8) is 0 Å². The molecule has 10 heteroatoms. The van der Waals surface area contributed by atoms with E-state index in [9.17, 15) is 13.6 Å². The quantitative estimate of drug-likeness (QED) is 0.330. The van der Waals surface area contributed by atoms with Crippen LogP contribution in [0.1, 0.15) is 30.9 Å². The Bertz CT molecular complexity index is 1030. The Morgan fingerprint density at radius 2 is 1.87 bits per heavy atom. The molecule has 2 aromatic carbocycles. The Kier molecular flexibility index (Phi) is 8.28. The maximum absolute atomic E-state index is 12.5. The van der Waals surface area contributed by atoms with Crippen LogP contribution in [0.4, 0.5) is 25.3 Å². The minimum absolute atomic E-state index is 0.0990. The smallest absolute Gasteiger partial charge is 0.288 e. The lowest BCUT2D eigenvalue weighted by Gasteiger charge is -2.16. The van der Waals surface area contributed by atoms with Crippen molar-refractivity contribution < 1.29 is 13.6 Å². The van der Waals surface area contributed by atoms with Gasteiger partial charge in [-0.15, -0.1) is 10.2 Å². The summed E-state index contributed by atoms with van der Waals surface area (Å²) in [5, 5.41) is 14.9. The summed E-state index contributed by atoms with van der Waals surface area (Å²) in [5.74, 6) is -2.01. The minimum Gasteiger partial charge on any atom is -0.330 e. The molecule has 5 nitrogen and oxygen atoms in total. The Balaban J connectivity index is 1.54. The highest BCUT2D eigenvalue weighted by molar-refractivity contribution is 8.01. The predicted octanol–water partition coefficient (Wildman–Crippen LogP) is 6.76. The molecule has 1 heterocycles. The summed E-state index contributed by atoms with van der Waals surface area (Å²) in [4.78, 5) is 13.0. The van der Waals surface area contributed by atoms with Gasteiger partial charge in [0.25, 0.3) is 5.76 Å². The number of anilines is 3. The summed E-state index contributed by atoms with van der Waals surface area (Å²) >= 11 is 3.14. The van der Waals surface area contributed by atoms with Gasteiger partial charge in [0.1, 0.15) is 0 Å². The van der Waals surface area contributed by atoms with Gasteiger partial charge in [-0.1, -0.05) is 66.9 Å². The van der Waals surface area contributed by atoms with Gasteiger partial charge in [-0.3, -0.25) is 4.79 Å². The van der Waals surface area contributed by atoms with Gasteiger partial charge in [0.05, 0.1) is 5.75 Å². The second-order valence-electron chi connectivity index (χ2n) is 6.93. The average molecular weight is 481 g/mol. The maximum atomic E-state index is 12.5. The molecule has 0 atom stereocenters. The number of halogens is 2. The van der Waals surface area contributed by atoms with Crippen LogP contribution in [0.15, 0.2) is 51.7 Å². The van der Waals surface area contributed by atoms with Crippen LogP contribution in [0.2, 0.25) is 0 Å². The Morgan fingerprint density at radius 3 is 2.55 bits per heavy atom. The van der Waals surface area contributed by atoms with E-state index in [1.54, 1.807) is 24.3 Å². The van der Waals surface area contributed by atoms with Crippen LogP contribution in [0.25, 0.3) is 0 Å². The van der Waals surface area contributed by atoms with Crippen LogP contribution < -0.4 is 10.6 Å². The molecule has 0 saturated carbocycles. The molecule has 3 aromatic rings. The lowest BCUT2D eigenvalue weighted by molar-refractivity contribution is -0.113. The molecule has 31 heavy (non-hydrogen) atoms. The third kappa shape index (κ3) is 6.91. The van der Waals surface area contributed by atoms with E-state index in [0.717, 1.165) is 22.5 Å². The highest BCUT2D eigenvalue weighted by Crippen LogP contribution is 2.31. The fraction of sp³-hybridized carbons (Fsp3) is 0.286. The number of rotatable bonds is 9. The number of nitrogens with one attached hydrogen (secondary N) is 2. The van der Waals surface area contributed by atoms with Gasteiger partial charge in [-0.25, -0.2) is 0 Å². The molecular weight excluding hydrogens is 458 g/mol. The largest absolute Gasteiger partial charge is 0.330 e. The molecular formula is C21H22F2N4OS3. The summed E-state index contributed by atoms with van der Waals surface area (Å²) in [6.45, 7) is 6.18. The number of alkyl halides is 2. The summed E-state index contributed by atoms with van der Waals surface area (Å²) < 4.78 is 25.5. The van der Waals surface area contributed by atoms with Gasteiger partial charge in [0.2, 0.25) is 11.0 Å². The zero-order valence-corrected chi connectivity index (χ0v) is 19.6. The van der Waals surface area contributed by atoms with Crippen molar-refractivity contribution in [3.05, 3.63) is 53.6 Å². The summed E-state index contributed by atoms with van der Waals surface area (Å²) in [7, 11) is 0.